The monoisotopic (exact) mass is 401 g/mol. The fraction of sp³-hybridized carbons (Fsp3) is 0.105. The largest absolute Gasteiger partial charge is 0.484 e. The molecular formula is C19H16ClN3O3S. The van der Waals surface area contributed by atoms with Crippen molar-refractivity contribution in [2.24, 2.45) is 10.7 Å². The van der Waals surface area contributed by atoms with Gasteiger partial charge in [-0.15, -0.1) is 0 Å². The number of hydrogen-bond acceptors (Lipinski definition) is 5. The molecule has 0 aliphatic carbocycles. The van der Waals surface area contributed by atoms with E-state index in [-0.39, 0.29) is 12.5 Å². The van der Waals surface area contributed by atoms with Crippen LogP contribution in [0.2, 0.25) is 5.02 Å². The van der Waals surface area contributed by atoms with E-state index in [9.17, 15) is 9.59 Å². The second-order valence-electron chi connectivity index (χ2n) is 5.64. The summed E-state index contributed by atoms with van der Waals surface area (Å²) in [7, 11) is 1.67. The van der Waals surface area contributed by atoms with Crippen molar-refractivity contribution in [2.45, 2.75) is 0 Å². The quantitative estimate of drug-likeness (QED) is 0.777. The summed E-state index contributed by atoms with van der Waals surface area (Å²) in [6.07, 6.45) is 1.77. The maximum absolute atomic E-state index is 12.5. The van der Waals surface area contributed by atoms with E-state index < -0.39 is 5.91 Å². The molecule has 0 aromatic heterocycles. The van der Waals surface area contributed by atoms with Crippen LogP contribution >= 0.6 is 23.4 Å². The van der Waals surface area contributed by atoms with Gasteiger partial charge in [-0.1, -0.05) is 35.9 Å². The van der Waals surface area contributed by atoms with Gasteiger partial charge in [-0.25, -0.2) is 4.99 Å². The number of aliphatic imine (C=N–C) groups is 1. The summed E-state index contributed by atoms with van der Waals surface area (Å²) in [6.45, 7) is -0.179. The van der Waals surface area contributed by atoms with Gasteiger partial charge in [0.2, 0.25) is 0 Å². The van der Waals surface area contributed by atoms with Crippen molar-refractivity contribution >= 4 is 52.1 Å². The summed E-state index contributed by atoms with van der Waals surface area (Å²) in [5.41, 5.74) is 6.48. The first-order chi connectivity index (χ1) is 12.9. The van der Waals surface area contributed by atoms with Gasteiger partial charge in [-0.3, -0.25) is 14.5 Å². The molecule has 8 heteroatoms. The molecular weight excluding hydrogens is 386 g/mol. The third-order valence-corrected chi connectivity index (χ3v) is 5.01. The molecule has 1 saturated heterocycles. The summed E-state index contributed by atoms with van der Waals surface area (Å²) < 4.78 is 5.22. The molecule has 1 fully saturated rings. The van der Waals surface area contributed by atoms with Gasteiger partial charge in [0, 0.05) is 7.05 Å². The fourth-order valence-electron chi connectivity index (χ4n) is 2.26. The van der Waals surface area contributed by atoms with Crippen molar-refractivity contribution in [1.82, 2.24) is 4.90 Å². The van der Waals surface area contributed by atoms with Crippen LogP contribution in [0.4, 0.5) is 5.69 Å². The summed E-state index contributed by atoms with van der Waals surface area (Å²) >= 11 is 7.42. The normalized spacial score (nSPS) is 17.0. The highest BCUT2D eigenvalue weighted by Gasteiger charge is 2.30. The van der Waals surface area contributed by atoms with Gasteiger partial charge in [0.15, 0.2) is 11.8 Å². The minimum absolute atomic E-state index is 0.139. The summed E-state index contributed by atoms with van der Waals surface area (Å²) in [6, 6.07) is 14.2. The number of ether oxygens (including phenoxy) is 1. The van der Waals surface area contributed by atoms with E-state index in [1.165, 1.54) is 16.7 Å². The predicted molar refractivity (Wildman–Crippen MR) is 108 cm³/mol. The van der Waals surface area contributed by atoms with Crippen molar-refractivity contribution in [3.8, 4) is 5.75 Å². The topological polar surface area (TPSA) is 85.0 Å². The Morgan fingerprint density at radius 3 is 2.63 bits per heavy atom. The number of amides is 2. The highest BCUT2D eigenvalue weighted by molar-refractivity contribution is 8.18. The second-order valence-corrected chi connectivity index (χ2v) is 7.06. The zero-order valence-electron chi connectivity index (χ0n) is 14.4. The van der Waals surface area contributed by atoms with Crippen molar-refractivity contribution < 1.29 is 14.3 Å². The number of para-hydroxylation sites is 1. The van der Waals surface area contributed by atoms with E-state index in [2.05, 4.69) is 4.99 Å². The molecule has 2 N–H and O–H groups in total. The molecule has 3 rings (SSSR count). The lowest BCUT2D eigenvalue weighted by Gasteiger charge is -2.07. The van der Waals surface area contributed by atoms with Gasteiger partial charge in [-0.2, -0.15) is 0 Å². The molecule has 1 heterocycles. The Bertz CT molecular complexity index is 941. The molecule has 0 unspecified atom stereocenters. The number of likely N-dealkylation sites (N-methyl/N-ethyl adjacent to an activating group) is 1. The van der Waals surface area contributed by atoms with Gasteiger partial charge in [0.05, 0.1) is 15.6 Å². The van der Waals surface area contributed by atoms with Gasteiger partial charge in [-0.05, 0) is 47.7 Å². The van der Waals surface area contributed by atoms with Gasteiger partial charge in [0.1, 0.15) is 5.75 Å². The van der Waals surface area contributed by atoms with E-state index >= 15 is 0 Å². The summed E-state index contributed by atoms with van der Waals surface area (Å²) in [5, 5.41) is 1.08. The van der Waals surface area contributed by atoms with Crippen LogP contribution in [-0.2, 0) is 9.59 Å². The number of benzene rings is 2. The Hall–Kier alpha value is -2.77. The number of amidine groups is 1. The third-order valence-electron chi connectivity index (χ3n) is 3.63. The molecule has 0 spiro atoms. The number of thioether (sulfide) groups is 1. The standard InChI is InChI=1S/C19H16ClN3O3S/c1-23-18(25)16(27-19(23)22-15-5-3-2-4-14(15)20)10-12-6-8-13(9-7-12)26-11-17(21)24/h2-10H,11H2,1H3,(H2,21,24)/b16-10-,22-19?. The van der Waals surface area contributed by atoms with E-state index in [0.717, 1.165) is 5.56 Å². The first-order valence-corrected chi connectivity index (χ1v) is 9.15. The Balaban J connectivity index is 1.78. The van der Waals surface area contributed by atoms with E-state index in [1.54, 1.807) is 49.5 Å². The van der Waals surface area contributed by atoms with Crippen molar-refractivity contribution in [1.29, 1.82) is 0 Å². The molecule has 1 aliphatic heterocycles. The molecule has 27 heavy (non-hydrogen) atoms. The Morgan fingerprint density at radius 2 is 1.96 bits per heavy atom. The maximum Gasteiger partial charge on any atom is 0.266 e. The van der Waals surface area contributed by atoms with Crippen LogP contribution in [0.3, 0.4) is 0 Å². The van der Waals surface area contributed by atoms with Crippen LogP contribution in [-0.4, -0.2) is 35.5 Å². The van der Waals surface area contributed by atoms with Crippen LogP contribution in [0.25, 0.3) is 6.08 Å². The van der Waals surface area contributed by atoms with E-state index in [0.29, 0.717) is 26.5 Å². The van der Waals surface area contributed by atoms with Gasteiger partial charge >= 0.3 is 0 Å². The fourth-order valence-corrected chi connectivity index (χ4v) is 3.42. The first-order valence-electron chi connectivity index (χ1n) is 7.96. The highest BCUT2D eigenvalue weighted by atomic mass is 35.5. The smallest absolute Gasteiger partial charge is 0.266 e. The number of carbonyl (C=O) groups excluding carboxylic acids is 2. The second kappa shape index (κ2) is 8.28. The number of primary amides is 1. The van der Waals surface area contributed by atoms with Crippen LogP contribution in [0.1, 0.15) is 5.56 Å². The zero-order chi connectivity index (χ0) is 19.4. The minimum Gasteiger partial charge on any atom is -0.484 e. The molecule has 1 aliphatic rings. The number of hydrogen-bond donors (Lipinski definition) is 1. The number of halogens is 1. The molecule has 0 atom stereocenters. The minimum atomic E-state index is -0.539. The first kappa shape index (κ1) is 19.0. The molecule has 138 valence electrons. The predicted octanol–water partition coefficient (Wildman–Crippen LogP) is 3.44. The lowest BCUT2D eigenvalue weighted by molar-refractivity contribution is -0.121. The lowest BCUT2D eigenvalue weighted by Crippen LogP contribution is -2.23. The van der Waals surface area contributed by atoms with Crippen molar-refractivity contribution in [3.05, 3.63) is 64.0 Å². The van der Waals surface area contributed by atoms with Crippen molar-refractivity contribution in [2.75, 3.05) is 13.7 Å². The SMILES string of the molecule is CN1C(=O)/C(=C/c2ccc(OCC(N)=O)cc2)SC1=Nc1ccccc1Cl. The van der Waals surface area contributed by atoms with Crippen LogP contribution in [0.15, 0.2) is 58.4 Å². The summed E-state index contributed by atoms with van der Waals surface area (Å²) in [4.78, 5) is 29.8. The average Bonchev–Trinajstić information content (AvgIpc) is 2.91. The number of rotatable bonds is 5. The number of carbonyl (C=O) groups is 2. The molecule has 2 aromatic carbocycles. The number of nitrogens with zero attached hydrogens (tertiary/aromatic N) is 2. The molecule has 0 bridgehead atoms. The van der Waals surface area contributed by atoms with Crippen LogP contribution < -0.4 is 10.5 Å². The Kier molecular flexibility index (Phi) is 5.83. The zero-order valence-corrected chi connectivity index (χ0v) is 16.0. The molecule has 2 amide bonds. The summed E-state index contributed by atoms with van der Waals surface area (Å²) in [5.74, 6) is -0.151. The van der Waals surface area contributed by atoms with Crippen LogP contribution in [0.5, 0.6) is 5.75 Å². The number of nitrogens with two attached hydrogens (primary N) is 1. The highest BCUT2D eigenvalue weighted by Crippen LogP contribution is 2.34. The molecule has 6 nitrogen and oxygen atoms in total. The average molecular weight is 402 g/mol. The van der Waals surface area contributed by atoms with Crippen LogP contribution in [0, 0.1) is 0 Å². The molecule has 0 radical (unpaired) electrons. The molecule has 0 saturated carbocycles. The van der Waals surface area contributed by atoms with Gasteiger partial charge < -0.3 is 10.5 Å². The van der Waals surface area contributed by atoms with E-state index in [1.807, 2.05) is 12.1 Å². The Morgan fingerprint density at radius 1 is 1.26 bits per heavy atom. The molecule has 2 aromatic rings. The van der Waals surface area contributed by atoms with Crippen molar-refractivity contribution in [3.63, 3.8) is 0 Å². The van der Waals surface area contributed by atoms with E-state index in [4.69, 9.17) is 22.1 Å². The third kappa shape index (κ3) is 4.69. The van der Waals surface area contributed by atoms with Gasteiger partial charge in [0.25, 0.3) is 11.8 Å². The Labute approximate surface area is 165 Å². The lowest BCUT2D eigenvalue weighted by atomic mass is 10.2. The maximum atomic E-state index is 12.5.